The number of carboxylic acid groups (broad SMARTS) is 1. The van der Waals surface area contributed by atoms with Gasteiger partial charge in [0.15, 0.2) is 9.84 Å². The first kappa shape index (κ1) is 17.7. The van der Waals surface area contributed by atoms with Crippen molar-refractivity contribution in [1.29, 1.82) is 0 Å². The van der Waals surface area contributed by atoms with Crippen molar-refractivity contribution in [2.24, 2.45) is 11.8 Å². The van der Waals surface area contributed by atoms with Gasteiger partial charge in [0.2, 0.25) is 0 Å². The van der Waals surface area contributed by atoms with Crippen molar-refractivity contribution in [1.82, 2.24) is 10.2 Å². The van der Waals surface area contributed by atoms with Crippen molar-refractivity contribution in [2.45, 2.75) is 24.1 Å². The molecule has 0 saturated carbocycles. The van der Waals surface area contributed by atoms with E-state index in [9.17, 15) is 18.0 Å². The van der Waals surface area contributed by atoms with Gasteiger partial charge in [0, 0.05) is 24.2 Å². The second kappa shape index (κ2) is 6.88. The SMILES string of the molecule is CC1CC(C(=O)O)CN(C(=O)NCc2ccc(S(C)(=O)=O)s2)C1. The van der Waals surface area contributed by atoms with Crippen molar-refractivity contribution >= 4 is 33.2 Å². The fraction of sp³-hybridized carbons (Fsp3) is 0.571. The van der Waals surface area contributed by atoms with Crippen LogP contribution in [0.2, 0.25) is 0 Å². The first-order valence-electron chi connectivity index (χ1n) is 7.21. The third kappa shape index (κ3) is 4.68. The average Bonchev–Trinajstić information content (AvgIpc) is 2.93. The molecular formula is C14H20N2O5S2. The van der Waals surface area contributed by atoms with Crippen molar-refractivity contribution < 1.29 is 23.1 Å². The fourth-order valence-electron chi connectivity index (χ4n) is 2.62. The maximum Gasteiger partial charge on any atom is 0.317 e. The molecular weight excluding hydrogens is 340 g/mol. The Hall–Kier alpha value is -1.61. The summed E-state index contributed by atoms with van der Waals surface area (Å²) in [6.45, 7) is 2.87. The highest BCUT2D eigenvalue weighted by Gasteiger charge is 2.31. The predicted molar refractivity (Wildman–Crippen MR) is 86.1 cm³/mol. The molecule has 0 aromatic carbocycles. The maximum absolute atomic E-state index is 12.2. The van der Waals surface area contributed by atoms with Crippen LogP contribution in [0.15, 0.2) is 16.3 Å². The first-order valence-corrected chi connectivity index (χ1v) is 9.92. The smallest absolute Gasteiger partial charge is 0.317 e. The number of piperidine rings is 1. The summed E-state index contributed by atoms with van der Waals surface area (Å²) in [7, 11) is -3.23. The molecule has 0 spiro atoms. The predicted octanol–water partition coefficient (Wildman–Crippen LogP) is 1.40. The Balaban J connectivity index is 1.94. The van der Waals surface area contributed by atoms with E-state index in [4.69, 9.17) is 5.11 Å². The number of aliphatic carboxylic acids is 1. The van der Waals surface area contributed by atoms with E-state index >= 15 is 0 Å². The number of carboxylic acids is 1. The van der Waals surface area contributed by atoms with Gasteiger partial charge in [0.1, 0.15) is 4.21 Å². The largest absolute Gasteiger partial charge is 0.481 e. The number of urea groups is 1. The van der Waals surface area contributed by atoms with E-state index in [0.717, 1.165) is 22.5 Å². The normalized spacial score (nSPS) is 21.9. The zero-order valence-electron chi connectivity index (χ0n) is 13.0. The topological polar surface area (TPSA) is 104 Å². The number of carbonyl (C=O) groups excluding carboxylic acids is 1. The van der Waals surface area contributed by atoms with E-state index in [-0.39, 0.29) is 29.2 Å². The van der Waals surface area contributed by atoms with Gasteiger partial charge in [-0.15, -0.1) is 11.3 Å². The monoisotopic (exact) mass is 360 g/mol. The molecule has 2 rings (SSSR count). The number of nitrogens with one attached hydrogen (secondary N) is 1. The minimum absolute atomic E-state index is 0.133. The van der Waals surface area contributed by atoms with Crippen LogP contribution in [0.4, 0.5) is 4.79 Å². The van der Waals surface area contributed by atoms with E-state index in [1.165, 1.54) is 11.0 Å². The molecule has 0 radical (unpaired) electrons. The van der Waals surface area contributed by atoms with Crippen LogP contribution in [0.3, 0.4) is 0 Å². The lowest BCUT2D eigenvalue weighted by atomic mass is 9.91. The average molecular weight is 360 g/mol. The number of sulfone groups is 1. The van der Waals surface area contributed by atoms with E-state index in [2.05, 4.69) is 5.32 Å². The van der Waals surface area contributed by atoms with E-state index in [0.29, 0.717) is 13.0 Å². The standard InChI is InChI=1S/C14H20N2O5S2/c1-9-5-10(13(17)18)8-16(7-9)14(19)15-6-11-3-4-12(22-11)23(2,20)21/h3-4,9-10H,5-8H2,1-2H3,(H,15,19)(H,17,18). The third-order valence-corrected chi connectivity index (χ3v) is 6.62. The second-order valence-corrected chi connectivity index (χ2v) is 9.34. The van der Waals surface area contributed by atoms with E-state index in [1.54, 1.807) is 6.07 Å². The molecule has 0 aliphatic carbocycles. The Morgan fingerprint density at radius 2 is 2.09 bits per heavy atom. The van der Waals surface area contributed by atoms with Crippen LogP contribution >= 0.6 is 11.3 Å². The quantitative estimate of drug-likeness (QED) is 0.845. The second-order valence-electron chi connectivity index (χ2n) is 5.93. The van der Waals surface area contributed by atoms with Crippen LogP contribution in [0.5, 0.6) is 0 Å². The Bertz CT molecular complexity index is 698. The van der Waals surface area contributed by atoms with Crippen molar-refractivity contribution in [3.8, 4) is 0 Å². The highest BCUT2D eigenvalue weighted by Crippen LogP contribution is 2.23. The molecule has 1 aliphatic heterocycles. The van der Waals surface area contributed by atoms with Gasteiger partial charge < -0.3 is 15.3 Å². The molecule has 2 amide bonds. The van der Waals surface area contributed by atoms with Crippen LogP contribution in [0.25, 0.3) is 0 Å². The Kier molecular flexibility index (Phi) is 5.30. The van der Waals surface area contributed by atoms with Gasteiger partial charge >= 0.3 is 12.0 Å². The summed E-state index contributed by atoms with van der Waals surface area (Å²) < 4.78 is 23.1. The molecule has 2 unspecified atom stereocenters. The molecule has 7 nitrogen and oxygen atoms in total. The minimum atomic E-state index is -3.23. The molecule has 23 heavy (non-hydrogen) atoms. The lowest BCUT2D eigenvalue weighted by molar-refractivity contribution is -0.143. The van der Waals surface area contributed by atoms with Crippen LogP contribution < -0.4 is 5.32 Å². The van der Waals surface area contributed by atoms with Crippen LogP contribution in [0.1, 0.15) is 18.2 Å². The Morgan fingerprint density at radius 1 is 1.39 bits per heavy atom. The Labute approximate surface area is 139 Å². The number of carbonyl (C=O) groups is 2. The summed E-state index contributed by atoms with van der Waals surface area (Å²) in [6.07, 6.45) is 1.71. The van der Waals surface area contributed by atoms with Gasteiger partial charge in [0.25, 0.3) is 0 Å². The third-order valence-electron chi connectivity index (χ3n) is 3.71. The highest BCUT2D eigenvalue weighted by atomic mass is 32.2. The molecule has 1 saturated heterocycles. The first-order chi connectivity index (χ1) is 10.7. The summed E-state index contributed by atoms with van der Waals surface area (Å²) in [6, 6.07) is 2.86. The molecule has 1 fully saturated rings. The molecule has 2 N–H and O–H groups in total. The van der Waals surface area contributed by atoms with Crippen molar-refractivity contribution in [3.63, 3.8) is 0 Å². The molecule has 2 atom stereocenters. The zero-order valence-corrected chi connectivity index (χ0v) is 14.6. The van der Waals surface area contributed by atoms with Gasteiger partial charge in [-0.3, -0.25) is 4.79 Å². The van der Waals surface area contributed by atoms with Gasteiger partial charge in [-0.1, -0.05) is 6.92 Å². The van der Waals surface area contributed by atoms with Crippen molar-refractivity contribution in [2.75, 3.05) is 19.3 Å². The number of nitrogens with zero attached hydrogens (tertiary/aromatic N) is 1. The van der Waals surface area contributed by atoms with Crippen LogP contribution in [-0.2, 0) is 21.2 Å². The molecule has 128 valence electrons. The zero-order chi connectivity index (χ0) is 17.2. The van der Waals surface area contributed by atoms with E-state index in [1.807, 2.05) is 6.92 Å². The number of likely N-dealkylation sites (tertiary alicyclic amines) is 1. The van der Waals surface area contributed by atoms with Crippen LogP contribution in [0, 0.1) is 11.8 Å². The highest BCUT2D eigenvalue weighted by molar-refractivity contribution is 7.92. The molecule has 1 aliphatic rings. The number of rotatable bonds is 4. The molecule has 9 heteroatoms. The number of hydrogen-bond acceptors (Lipinski definition) is 5. The minimum Gasteiger partial charge on any atom is -0.481 e. The Morgan fingerprint density at radius 3 is 2.65 bits per heavy atom. The maximum atomic E-state index is 12.2. The van der Waals surface area contributed by atoms with Gasteiger partial charge in [-0.05, 0) is 24.5 Å². The summed E-state index contributed by atoms with van der Waals surface area (Å²) in [5.41, 5.74) is 0. The number of thiophene rings is 1. The number of amides is 2. The van der Waals surface area contributed by atoms with E-state index < -0.39 is 21.7 Å². The van der Waals surface area contributed by atoms with Gasteiger partial charge in [-0.2, -0.15) is 0 Å². The van der Waals surface area contributed by atoms with Gasteiger partial charge in [-0.25, -0.2) is 13.2 Å². The lowest BCUT2D eigenvalue weighted by Gasteiger charge is -2.34. The summed E-state index contributed by atoms with van der Waals surface area (Å²) in [4.78, 5) is 25.6. The van der Waals surface area contributed by atoms with Gasteiger partial charge in [0.05, 0.1) is 12.5 Å². The summed E-state index contributed by atoms with van der Waals surface area (Å²) in [5, 5.41) is 11.9. The van der Waals surface area contributed by atoms with Crippen molar-refractivity contribution in [3.05, 3.63) is 17.0 Å². The summed E-state index contributed by atoms with van der Waals surface area (Å²) in [5.74, 6) is -1.29. The molecule has 0 bridgehead atoms. The number of hydrogen-bond donors (Lipinski definition) is 2. The summed E-state index contributed by atoms with van der Waals surface area (Å²) >= 11 is 1.12. The molecule has 1 aromatic heterocycles. The van der Waals surface area contributed by atoms with Crippen LogP contribution in [-0.4, -0.2) is 49.8 Å². The fourth-order valence-corrected chi connectivity index (χ4v) is 4.54. The molecule has 2 heterocycles. The lowest BCUT2D eigenvalue weighted by Crippen LogP contribution is -2.49. The molecule has 1 aromatic rings.